The van der Waals surface area contributed by atoms with E-state index < -0.39 is 0 Å². The van der Waals surface area contributed by atoms with Gasteiger partial charge in [-0.25, -0.2) is 0 Å². The van der Waals surface area contributed by atoms with Crippen LogP contribution in [0.2, 0.25) is 0 Å². The summed E-state index contributed by atoms with van der Waals surface area (Å²) in [4.78, 5) is 15.4. The Kier molecular flexibility index (Phi) is 4.12. The quantitative estimate of drug-likeness (QED) is 0.782. The van der Waals surface area contributed by atoms with Crippen LogP contribution in [0.15, 0.2) is 29.8 Å². The van der Waals surface area contributed by atoms with Crippen LogP contribution in [0.25, 0.3) is 6.08 Å². The lowest BCUT2D eigenvalue weighted by molar-refractivity contribution is -0.125. The SMILES string of the molecule is CC12CCC(C(=Cc3ccc(CN4CCOCC4)cc3)C1=O)C2(C)C. The van der Waals surface area contributed by atoms with E-state index >= 15 is 0 Å². The molecule has 2 aliphatic carbocycles. The van der Waals surface area contributed by atoms with Crippen molar-refractivity contribution in [2.24, 2.45) is 16.7 Å². The fraction of sp³-hybridized carbons (Fsp3) is 0.591. The number of nitrogens with zero attached hydrogens (tertiary/aromatic N) is 1. The Bertz CT molecular complexity index is 697. The molecule has 134 valence electrons. The van der Waals surface area contributed by atoms with Crippen molar-refractivity contribution < 1.29 is 9.53 Å². The molecule has 0 aromatic heterocycles. The van der Waals surface area contributed by atoms with Crippen LogP contribution >= 0.6 is 0 Å². The van der Waals surface area contributed by atoms with Gasteiger partial charge in [0.05, 0.1) is 13.2 Å². The first-order chi connectivity index (χ1) is 11.9. The normalized spacial score (nSPS) is 33.3. The van der Waals surface area contributed by atoms with Gasteiger partial charge < -0.3 is 4.74 Å². The van der Waals surface area contributed by atoms with Crippen molar-refractivity contribution in [3.05, 3.63) is 41.0 Å². The largest absolute Gasteiger partial charge is 0.379 e. The average molecular weight is 339 g/mol. The number of morpholine rings is 1. The van der Waals surface area contributed by atoms with E-state index in [1.54, 1.807) is 0 Å². The third kappa shape index (κ3) is 2.69. The van der Waals surface area contributed by atoms with E-state index in [0.29, 0.717) is 11.7 Å². The van der Waals surface area contributed by atoms with Crippen molar-refractivity contribution in [1.82, 2.24) is 4.90 Å². The molecule has 3 fully saturated rings. The van der Waals surface area contributed by atoms with Crippen molar-refractivity contribution in [2.75, 3.05) is 26.3 Å². The second-order valence-corrected chi connectivity index (χ2v) is 8.70. The Hall–Kier alpha value is -1.45. The number of benzene rings is 1. The van der Waals surface area contributed by atoms with Crippen molar-refractivity contribution in [3.8, 4) is 0 Å². The molecular formula is C22H29NO2. The zero-order valence-electron chi connectivity index (χ0n) is 15.7. The Balaban J connectivity index is 1.51. The minimum absolute atomic E-state index is 0.0895. The first-order valence-electron chi connectivity index (χ1n) is 9.57. The number of carbonyl (C=O) groups excluding carboxylic acids is 1. The fourth-order valence-electron chi connectivity index (χ4n) is 5.01. The number of fused-ring (bicyclic) bond motifs is 2. The number of allylic oxidation sites excluding steroid dienone is 1. The van der Waals surface area contributed by atoms with E-state index in [1.165, 1.54) is 5.56 Å². The van der Waals surface area contributed by atoms with Crippen LogP contribution in [-0.4, -0.2) is 37.0 Å². The molecule has 3 aliphatic rings. The maximum absolute atomic E-state index is 13.0. The minimum atomic E-state index is -0.167. The molecule has 1 aromatic rings. The number of carbonyl (C=O) groups is 1. The average Bonchev–Trinajstić information content (AvgIpc) is 2.91. The van der Waals surface area contributed by atoms with Gasteiger partial charge in [0.2, 0.25) is 0 Å². The number of ketones is 1. The first kappa shape index (κ1) is 17.0. The first-order valence-corrected chi connectivity index (χ1v) is 9.57. The van der Waals surface area contributed by atoms with Gasteiger partial charge in [0, 0.05) is 25.0 Å². The molecule has 3 nitrogen and oxygen atoms in total. The Labute approximate surface area is 151 Å². The highest BCUT2D eigenvalue weighted by atomic mass is 16.5. The number of Topliss-reactive ketones (excluding diaryl/α,β-unsaturated/α-hetero) is 1. The van der Waals surface area contributed by atoms with Crippen LogP contribution in [-0.2, 0) is 16.1 Å². The molecule has 0 amide bonds. The predicted molar refractivity (Wildman–Crippen MR) is 100 cm³/mol. The number of rotatable bonds is 3. The van der Waals surface area contributed by atoms with Crippen molar-refractivity contribution in [2.45, 2.75) is 40.2 Å². The van der Waals surface area contributed by atoms with Gasteiger partial charge in [-0.3, -0.25) is 9.69 Å². The number of ether oxygens (including phenoxy) is 1. The van der Waals surface area contributed by atoms with E-state index in [9.17, 15) is 4.79 Å². The molecule has 25 heavy (non-hydrogen) atoms. The van der Waals surface area contributed by atoms with Crippen LogP contribution in [0, 0.1) is 16.7 Å². The maximum Gasteiger partial charge on any atom is 0.165 e. The third-order valence-electron chi connectivity index (χ3n) is 7.18. The molecule has 0 N–H and O–H groups in total. The smallest absolute Gasteiger partial charge is 0.165 e. The molecule has 1 aliphatic heterocycles. The van der Waals surface area contributed by atoms with E-state index in [0.717, 1.165) is 56.8 Å². The van der Waals surface area contributed by atoms with Crippen LogP contribution in [0.5, 0.6) is 0 Å². The van der Waals surface area contributed by atoms with E-state index in [1.807, 2.05) is 0 Å². The van der Waals surface area contributed by atoms with Crippen LogP contribution in [0.4, 0.5) is 0 Å². The van der Waals surface area contributed by atoms with Crippen molar-refractivity contribution in [3.63, 3.8) is 0 Å². The standard InChI is InChI=1S/C22H29NO2/c1-21(2)19-8-9-22(21,3)20(24)18(19)14-16-4-6-17(7-5-16)15-23-10-12-25-13-11-23/h4-7,14,19H,8-13,15H2,1-3H3. The van der Waals surface area contributed by atoms with Crippen molar-refractivity contribution >= 4 is 11.9 Å². The topological polar surface area (TPSA) is 29.5 Å². The Morgan fingerprint density at radius 1 is 1.16 bits per heavy atom. The molecule has 4 rings (SSSR count). The second-order valence-electron chi connectivity index (χ2n) is 8.70. The molecule has 2 atom stereocenters. The summed E-state index contributed by atoms with van der Waals surface area (Å²) in [6.07, 6.45) is 4.34. The van der Waals surface area contributed by atoms with Crippen molar-refractivity contribution in [1.29, 1.82) is 0 Å². The van der Waals surface area contributed by atoms with Gasteiger partial charge in [0.15, 0.2) is 5.78 Å². The summed E-state index contributed by atoms with van der Waals surface area (Å²) in [5.41, 5.74) is 3.46. The van der Waals surface area contributed by atoms with Crippen LogP contribution < -0.4 is 0 Å². The zero-order valence-corrected chi connectivity index (χ0v) is 15.7. The van der Waals surface area contributed by atoms with E-state index in [4.69, 9.17) is 4.74 Å². The highest BCUT2D eigenvalue weighted by molar-refractivity contribution is 6.07. The summed E-state index contributed by atoms with van der Waals surface area (Å²) in [5.74, 6) is 0.796. The Morgan fingerprint density at radius 3 is 2.44 bits per heavy atom. The van der Waals surface area contributed by atoms with Crippen LogP contribution in [0.1, 0.15) is 44.7 Å². The number of hydrogen-bond donors (Lipinski definition) is 0. The summed E-state index contributed by atoms with van der Waals surface area (Å²) in [6, 6.07) is 8.73. The molecule has 3 heteroatoms. The summed E-state index contributed by atoms with van der Waals surface area (Å²) in [7, 11) is 0. The number of hydrogen-bond acceptors (Lipinski definition) is 3. The molecule has 2 unspecified atom stereocenters. The summed E-state index contributed by atoms with van der Waals surface area (Å²) in [5, 5.41) is 0. The second kappa shape index (κ2) is 6.07. The molecule has 2 bridgehead atoms. The molecular weight excluding hydrogens is 310 g/mol. The summed E-state index contributed by atoms with van der Waals surface area (Å²) >= 11 is 0. The molecule has 0 spiro atoms. The molecule has 0 radical (unpaired) electrons. The van der Waals surface area contributed by atoms with Gasteiger partial charge in [-0.05, 0) is 47.0 Å². The molecule has 1 heterocycles. The van der Waals surface area contributed by atoms with Gasteiger partial charge in [-0.15, -0.1) is 0 Å². The highest BCUT2D eigenvalue weighted by Gasteiger charge is 2.63. The Morgan fingerprint density at radius 2 is 1.84 bits per heavy atom. The lowest BCUT2D eigenvalue weighted by atomic mass is 9.70. The monoisotopic (exact) mass is 339 g/mol. The molecule has 1 aromatic carbocycles. The third-order valence-corrected chi connectivity index (χ3v) is 7.18. The zero-order chi connectivity index (χ0) is 17.7. The van der Waals surface area contributed by atoms with Gasteiger partial charge in [-0.2, -0.15) is 0 Å². The maximum atomic E-state index is 13.0. The summed E-state index contributed by atoms with van der Waals surface area (Å²) < 4.78 is 5.41. The van der Waals surface area contributed by atoms with Gasteiger partial charge in [0.1, 0.15) is 0 Å². The van der Waals surface area contributed by atoms with Gasteiger partial charge in [-0.1, -0.05) is 45.0 Å². The summed E-state index contributed by atoms with van der Waals surface area (Å²) in [6.45, 7) is 11.4. The molecule has 1 saturated heterocycles. The predicted octanol–water partition coefficient (Wildman–Crippen LogP) is 3.93. The lowest BCUT2D eigenvalue weighted by Gasteiger charge is -2.31. The fourth-order valence-corrected chi connectivity index (χ4v) is 5.01. The van der Waals surface area contributed by atoms with Gasteiger partial charge >= 0.3 is 0 Å². The van der Waals surface area contributed by atoms with E-state index in [2.05, 4.69) is 56.0 Å². The lowest BCUT2D eigenvalue weighted by Crippen LogP contribution is -2.35. The van der Waals surface area contributed by atoms with Gasteiger partial charge in [0.25, 0.3) is 0 Å². The highest BCUT2D eigenvalue weighted by Crippen LogP contribution is 2.65. The van der Waals surface area contributed by atoms with Crippen LogP contribution in [0.3, 0.4) is 0 Å². The minimum Gasteiger partial charge on any atom is -0.379 e. The van der Waals surface area contributed by atoms with E-state index in [-0.39, 0.29) is 10.8 Å². The molecule has 2 saturated carbocycles.